The lowest BCUT2D eigenvalue weighted by atomic mass is 9.93. The van der Waals surface area contributed by atoms with Crippen LogP contribution in [0, 0.1) is 5.92 Å². The summed E-state index contributed by atoms with van der Waals surface area (Å²) >= 11 is 0. The Morgan fingerprint density at radius 2 is 1.90 bits per heavy atom. The Labute approximate surface area is 120 Å². The Morgan fingerprint density at radius 3 is 2.55 bits per heavy atom. The predicted molar refractivity (Wildman–Crippen MR) is 80.4 cm³/mol. The van der Waals surface area contributed by atoms with E-state index in [1.165, 1.54) is 12.8 Å². The Kier molecular flexibility index (Phi) is 3.93. The molecule has 1 aromatic heterocycles. The van der Waals surface area contributed by atoms with Crippen molar-refractivity contribution in [3.05, 3.63) is 47.7 Å². The molecule has 0 aliphatic heterocycles. The van der Waals surface area contributed by atoms with E-state index in [1.54, 1.807) is 0 Å². The molecule has 3 rings (SSSR count). The largest absolute Gasteiger partial charge is 0.461 e. The normalized spacial score (nSPS) is 17.5. The summed E-state index contributed by atoms with van der Waals surface area (Å²) in [6.45, 7) is 2.08. The highest BCUT2D eigenvalue weighted by Gasteiger charge is 2.28. The Morgan fingerprint density at radius 1 is 1.20 bits per heavy atom. The number of hydrogen-bond donors (Lipinski definition) is 1. The molecule has 1 aliphatic carbocycles. The van der Waals surface area contributed by atoms with Gasteiger partial charge in [-0.05, 0) is 24.8 Å². The fourth-order valence-corrected chi connectivity index (χ4v) is 3.24. The molecule has 2 heteroatoms. The molecule has 1 unspecified atom stereocenters. The van der Waals surface area contributed by atoms with Crippen LogP contribution in [0.4, 0.5) is 0 Å². The number of rotatable bonds is 4. The Bertz CT molecular complexity index is 550. The summed E-state index contributed by atoms with van der Waals surface area (Å²) in [6.07, 6.45) is 5.21. The molecule has 0 saturated heterocycles. The number of hydrogen-bond acceptors (Lipinski definition) is 2. The molecular weight excluding hydrogens is 248 g/mol. The highest BCUT2D eigenvalue weighted by molar-refractivity contribution is 5.59. The quantitative estimate of drug-likeness (QED) is 0.871. The molecule has 2 aromatic rings. The molecule has 1 atom stereocenters. The third-order valence-corrected chi connectivity index (χ3v) is 4.39. The lowest BCUT2D eigenvalue weighted by Gasteiger charge is -2.17. The molecule has 2 nitrogen and oxygen atoms in total. The smallest absolute Gasteiger partial charge is 0.134 e. The average Bonchev–Trinajstić information content (AvgIpc) is 3.17. The molecule has 1 heterocycles. The summed E-state index contributed by atoms with van der Waals surface area (Å²) in [5, 5.41) is 10.6. The van der Waals surface area contributed by atoms with E-state index in [9.17, 15) is 5.11 Å². The zero-order chi connectivity index (χ0) is 13.9. The topological polar surface area (TPSA) is 33.4 Å². The van der Waals surface area contributed by atoms with Crippen LogP contribution < -0.4 is 0 Å². The van der Waals surface area contributed by atoms with E-state index in [-0.39, 0.29) is 6.10 Å². The van der Waals surface area contributed by atoms with Gasteiger partial charge in [0.2, 0.25) is 0 Å². The van der Waals surface area contributed by atoms with E-state index in [2.05, 4.69) is 6.92 Å². The fraction of sp³-hybridized carbons (Fsp3) is 0.444. The second kappa shape index (κ2) is 5.84. The van der Waals surface area contributed by atoms with Crippen LogP contribution in [0.2, 0.25) is 0 Å². The molecule has 1 aliphatic rings. The van der Waals surface area contributed by atoms with Crippen LogP contribution in [-0.2, 0) is 6.42 Å². The fourth-order valence-electron chi connectivity index (χ4n) is 3.24. The van der Waals surface area contributed by atoms with Gasteiger partial charge >= 0.3 is 0 Å². The van der Waals surface area contributed by atoms with Gasteiger partial charge in [0, 0.05) is 17.5 Å². The monoisotopic (exact) mass is 270 g/mol. The minimum Gasteiger partial charge on any atom is -0.461 e. The SMILES string of the molecule is CCc1oc(-c2ccccc2)cc1C(O)C1CCCC1. The van der Waals surface area contributed by atoms with E-state index in [0.717, 1.165) is 41.9 Å². The maximum atomic E-state index is 10.6. The van der Waals surface area contributed by atoms with Crippen LogP contribution in [0.1, 0.15) is 50.0 Å². The first-order chi connectivity index (χ1) is 9.79. The van der Waals surface area contributed by atoms with Crippen LogP contribution in [-0.4, -0.2) is 5.11 Å². The van der Waals surface area contributed by atoms with Gasteiger partial charge in [-0.15, -0.1) is 0 Å². The van der Waals surface area contributed by atoms with Crippen molar-refractivity contribution in [1.82, 2.24) is 0 Å². The van der Waals surface area contributed by atoms with Crippen molar-refractivity contribution >= 4 is 0 Å². The van der Waals surface area contributed by atoms with E-state index >= 15 is 0 Å². The van der Waals surface area contributed by atoms with Crippen molar-refractivity contribution in [3.63, 3.8) is 0 Å². The Hall–Kier alpha value is -1.54. The summed E-state index contributed by atoms with van der Waals surface area (Å²) in [7, 11) is 0. The van der Waals surface area contributed by atoms with E-state index in [0.29, 0.717) is 5.92 Å². The summed E-state index contributed by atoms with van der Waals surface area (Å²) in [4.78, 5) is 0. The van der Waals surface area contributed by atoms with Gasteiger partial charge in [0.05, 0.1) is 6.10 Å². The maximum absolute atomic E-state index is 10.6. The molecule has 1 fully saturated rings. The Balaban J connectivity index is 1.92. The molecule has 0 bridgehead atoms. The predicted octanol–water partition coefficient (Wildman–Crippen LogP) is 4.73. The highest BCUT2D eigenvalue weighted by atomic mass is 16.3. The second-order valence-electron chi connectivity index (χ2n) is 5.70. The molecule has 0 spiro atoms. The molecule has 106 valence electrons. The molecular formula is C18H22O2. The minimum atomic E-state index is -0.367. The summed E-state index contributed by atoms with van der Waals surface area (Å²) in [5.74, 6) is 2.21. The van der Waals surface area contributed by atoms with E-state index < -0.39 is 0 Å². The first kappa shape index (κ1) is 13.4. The molecule has 0 amide bonds. The molecule has 0 radical (unpaired) electrons. The highest BCUT2D eigenvalue weighted by Crippen LogP contribution is 2.39. The van der Waals surface area contributed by atoms with E-state index in [1.807, 2.05) is 36.4 Å². The minimum absolute atomic E-state index is 0.367. The zero-order valence-electron chi connectivity index (χ0n) is 12.0. The van der Waals surface area contributed by atoms with Gasteiger partial charge in [-0.2, -0.15) is 0 Å². The average molecular weight is 270 g/mol. The summed E-state index contributed by atoms with van der Waals surface area (Å²) in [5.41, 5.74) is 2.07. The van der Waals surface area contributed by atoms with Gasteiger partial charge in [-0.3, -0.25) is 0 Å². The number of aliphatic hydroxyl groups excluding tert-OH is 1. The van der Waals surface area contributed by atoms with Crippen LogP contribution in [0.15, 0.2) is 40.8 Å². The van der Waals surface area contributed by atoms with Crippen molar-refractivity contribution in [2.24, 2.45) is 5.92 Å². The lowest BCUT2D eigenvalue weighted by Crippen LogP contribution is -2.09. The third-order valence-electron chi connectivity index (χ3n) is 4.39. The van der Waals surface area contributed by atoms with Crippen molar-refractivity contribution in [2.45, 2.75) is 45.1 Å². The van der Waals surface area contributed by atoms with Crippen molar-refractivity contribution in [2.75, 3.05) is 0 Å². The molecule has 1 N–H and O–H groups in total. The molecule has 20 heavy (non-hydrogen) atoms. The van der Waals surface area contributed by atoms with Gasteiger partial charge in [0.15, 0.2) is 0 Å². The maximum Gasteiger partial charge on any atom is 0.134 e. The van der Waals surface area contributed by atoms with Crippen LogP contribution >= 0.6 is 0 Å². The second-order valence-corrected chi connectivity index (χ2v) is 5.70. The van der Waals surface area contributed by atoms with Crippen molar-refractivity contribution in [1.29, 1.82) is 0 Å². The number of benzene rings is 1. The third kappa shape index (κ3) is 2.53. The van der Waals surface area contributed by atoms with Crippen LogP contribution in [0.5, 0.6) is 0 Å². The van der Waals surface area contributed by atoms with Gasteiger partial charge in [0.25, 0.3) is 0 Å². The standard InChI is InChI=1S/C18H22O2/c1-2-16-15(18(19)14-10-6-7-11-14)12-17(20-16)13-8-4-3-5-9-13/h3-5,8-9,12,14,18-19H,2,6-7,10-11H2,1H3. The van der Waals surface area contributed by atoms with Gasteiger partial charge in [-0.1, -0.05) is 50.1 Å². The van der Waals surface area contributed by atoms with Crippen LogP contribution in [0.3, 0.4) is 0 Å². The lowest BCUT2D eigenvalue weighted by molar-refractivity contribution is 0.110. The first-order valence-electron chi connectivity index (χ1n) is 7.65. The molecule has 1 saturated carbocycles. The van der Waals surface area contributed by atoms with Gasteiger partial charge < -0.3 is 9.52 Å². The van der Waals surface area contributed by atoms with E-state index in [4.69, 9.17) is 4.42 Å². The van der Waals surface area contributed by atoms with Crippen molar-refractivity contribution in [3.8, 4) is 11.3 Å². The van der Waals surface area contributed by atoms with Gasteiger partial charge in [-0.25, -0.2) is 0 Å². The van der Waals surface area contributed by atoms with Crippen molar-refractivity contribution < 1.29 is 9.52 Å². The van der Waals surface area contributed by atoms with Crippen LogP contribution in [0.25, 0.3) is 11.3 Å². The summed E-state index contributed by atoms with van der Waals surface area (Å²) in [6, 6.07) is 12.2. The number of furan rings is 1. The molecule has 1 aromatic carbocycles. The number of aryl methyl sites for hydroxylation is 1. The van der Waals surface area contributed by atoms with Gasteiger partial charge in [0.1, 0.15) is 11.5 Å². The zero-order valence-corrected chi connectivity index (χ0v) is 12.0. The summed E-state index contributed by atoms with van der Waals surface area (Å²) < 4.78 is 5.97. The first-order valence-corrected chi connectivity index (χ1v) is 7.65. The number of aliphatic hydroxyl groups is 1.